The number of pyridine rings is 1. The van der Waals surface area contributed by atoms with Crippen LogP contribution in [-0.2, 0) is 11.0 Å². The summed E-state index contributed by atoms with van der Waals surface area (Å²) in [5.74, 6) is -0.371. The zero-order valence-electron chi connectivity index (χ0n) is 11.2. The molecule has 0 aromatic carbocycles. The smallest absolute Gasteiger partial charge is 0.370 e. The van der Waals surface area contributed by atoms with Crippen molar-refractivity contribution in [2.75, 3.05) is 17.2 Å². The normalized spacial score (nSPS) is 12.8. The fraction of sp³-hybridized carbons (Fsp3) is 0.500. The molecule has 20 heavy (non-hydrogen) atoms. The third-order valence-electron chi connectivity index (χ3n) is 2.41. The molecule has 0 aliphatic rings. The van der Waals surface area contributed by atoms with E-state index in [4.69, 9.17) is 5.73 Å². The van der Waals surface area contributed by atoms with Gasteiger partial charge in [-0.15, -0.1) is 0 Å². The van der Waals surface area contributed by atoms with Gasteiger partial charge >= 0.3 is 6.18 Å². The number of hydrogen-bond donors (Lipinski definition) is 3. The van der Waals surface area contributed by atoms with E-state index in [1.807, 2.05) is 0 Å². The van der Waals surface area contributed by atoms with Gasteiger partial charge in [0.2, 0.25) is 5.91 Å². The largest absolute Gasteiger partial charge is 0.416 e. The summed E-state index contributed by atoms with van der Waals surface area (Å²) in [5, 5.41) is 5.46. The average Bonchev–Trinajstić information content (AvgIpc) is 2.26. The van der Waals surface area contributed by atoms with Crippen LogP contribution in [0.25, 0.3) is 0 Å². The summed E-state index contributed by atoms with van der Waals surface area (Å²) in [6.45, 7) is 3.84. The second-order valence-electron chi connectivity index (χ2n) is 4.37. The van der Waals surface area contributed by atoms with Crippen molar-refractivity contribution in [2.45, 2.75) is 32.5 Å². The third-order valence-corrected chi connectivity index (χ3v) is 2.41. The molecule has 112 valence electrons. The number of nitrogens with zero attached hydrogens (tertiary/aromatic N) is 1. The summed E-state index contributed by atoms with van der Waals surface area (Å²) in [4.78, 5) is 14.8. The van der Waals surface area contributed by atoms with Gasteiger partial charge in [0.1, 0.15) is 11.6 Å². The second-order valence-corrected chi connectivity index (χ2v) is 4.37. The number of alkyl halides is 3. The minimum absolute atomic E-state index is 0.00840. The molecule has 0 bridgehead atoms. The minimum Gasteiger partial charge on any atom is -0.370 e. The fourth-order valence-electron chi connectivity index (χ4n) is 1.65. The van der Waals surface area contributed by atoms with Crippen molar-refractivity contribution < 1.29 is 18.0 Å². The SMILES string of the molecule is CCNc1cc(C(F)(F)F)cc(NC(C)CC(N)=O)n1. The van der Waals surface area contributed by atoms with Gasteiger partial charge in [0.25, 0.3) is 0 Å². The molecule has 0 aliphatic heterocycles. The Balaban J connectivity index is 2.99. The molecule has 1 unspecified atom stereocenters. The first-order valence-electron chi connectivity index (χ1n) is 6.10. The van der Waals surface area contributed by atoms with Crippen molar-refractivity contribution in [3.63, 3.8) is 0 Å². The summed E-state index contributed by atoms with van der Waals surface area (Å²) in [6.07, 6.45) is -4.45. The van der Waals surface area contributed by atoms with Gasteiger partial charge in [-0.25, -0.2) is 4.98 Å². The van der Waals surface area contributed by atoms with Crippen LogP contribution < -0.4 is 16.4 Å². The van der Waals surface area contributed by atoms with Crippen LogP contribution in [0.5, 0.6) is 0 Å². The van der Waals surface area contributed by atoms with E-state index >= 15 is 0 Å². The third kappa shape index (κ3) is 4.94. The first kappa shape index (κ1) is 16.1. The highest BCUT2D eigenvalue weighted by Gasteiger charge is 2.31. The summed E-state index contributed by atoms with van der Waals surface area (Å²) in [6, 6.07) is 1.43. The molecule has 0 fully saturated rings. The van der Waals surface area contributed by atoms with E-state index in [2.05, 4.69) is 15.6 Å². The molecule has 1 heterocycles. The molecule has 0 saturated carbocycles. The van der Waals surface area contributed by atoms with E-state index in [0.29, 0.717) is 6.54 Å². The Kier molecular flexibility index (Phi) is 5.18. The molecule has 4 N–H and O–H groups in total. The van der Waals surface area contributed by atoms with Gasteiger partial charge in [-0.2, -0.15) is 13.2 Å². The van der Waals surface area contributed by atoms with Gasteiger partial charge in [-0.05, 0) is 26.0 Å². The molecule has 1 rings (SSSR count). The highest BCUT2D eigenvalue weighted by molar-refractivity contribution is 5.74. The van der Waals surface area contributed by atoms with Crippen LogP contribution in [0.1, 0.15) is 25.8 Å². The first-order chi connectivity index (χ1) is 9.22. The number of nitrogens with two attached hydrogens (primary N) is 1. The van der Waals surface area contributed by atoms with Crippen LogP contribution in [0.3, 0.4) is 0 Å². The Hall–Kier alpha value is -1.99. The highest BCUT2D eigenvalue weighted by Crippen LogP contribution is 2.32. The number of hydrogen-bond acceptors (Lipinski definition) is 4. The highest BCUT2D eigenvalue weighted by atomic mass is 19.4. The van der Waals surface area contributed by atoms with Gasteiger partial charge in [0.05, 0.1) is 5.56 Å². The van der Waals surface area contributed by atoms with Crippen LogP contribution in [-0.4, -0.2) is 23.5 Å². The summed E-state index contributed by atoms with van der Waals surface area (Å²) in [5.41, 5.74) is 4.22. The summed E-state index contributed by atoms with van der Waals surface area (Å²) in [7, 11) is 0. The van der Waals surface area contributed by atoms with E-state index in [-0.39, 0.29) is 18.1 Å². The number of primary amides is 1. The number of aromatic nitrogens is 1. The van der Waals surface area contributed by atoms with E-state index in [0.717, 1.165) is 12.1 Å². The number of nitrogens with one attached hydrogen (secondary N) is 2. The first-order valence-corrected chi connectivity index (χ1v) is 6.10. The van der Waals surface area contributed by atoms with Gasteiger partial charge < -0.3 is 16.4 Å². The van der Waals surface area contributed by atoms with Crippen LogP contribution in [0.2, 0.25) is 0 Å². The maximum Gasteiger partial charge on any atom is 0.416 e. The number of amides is 1. The van der Waals surface area contributed by atoms with Crippen molar-refractivity contribution in [1.29, 1.82) is 0 Å². The zero-order chi connectivity index (χ0) is 15.3. The number of carbonyl (C=O) groups is 1. The molecule has 0 saturated heterocycles. The van der Waals surface area contributed by atoms with Gasteiger partial charge in [-0.3, -0.25) is 4.79 Å². The van der Waals surface area contributed by atoms with Crippen LogP contribution >= 0.6 is 0 Å². The number of rotatable bonds is 6. The molecule has 1 amide bonds. The zero-order valence-corrected chi connectivity index (χ0v) is 11.2. The second kappa shape index (κ2) is 6.44. The predicted molar refractivity (Wildman–Crippen MR) is 70.3 cm³/mol. The topological polar surface area (TPSA) is 80.0 Å². The van der Waals surface area contributed by atoms with E-state index < -0.39 is 23.7 Å². The predicted octanol–water partition coefficient (Wildman–Crippen LogP) is 2.21. The van der Waals surface area contributed by atoms with E-state index in [1.54, 1.807) is 13.8 Å². The molecule has 0 aliphatic carbocycles. The fourth-order valence-corrected chi connectivity index (χ4v) is 1.65. The van der Waals surface area contributed by atoms with Crippen LogP contribution in [0.4, 0.5) is 24.8 Å². The lowest BCUT2D eigenvalue weighted by atomic mass is 10.2. The Morgan fingerprint density at radius 2 is 2.00 bits per heavy atom. The monoisotopic (exact) mass is 290 g/mol. The van der Waals surface area contributed by atoms with Crippen LogP contribution in [0, 0.1) is 0 Å². The average molecular weight is 290 g/mol. The Bertz CT molecular complexity index is 476. The Labute approximate surface area is 114 Å². The molecular formula is C12H17F3N4O. The van der Waals surface area contributed by atoms with E-state index in [1.165, 1.54) is 0 Å². The molecule has 0 spiro atoms. The standard InChI is InChI=1S/C12H17F3N4O/c1-3-17-10-5-8(12(13,14)15)6-11(19-10)18-7(2)4-9(16)20/h5-7H,3-4H2,1-2H3,(H2,16,20)(H2,17,18,19). The Morgan fingerprint density at radius 3 is 2.50 bits per heavy atom. The van der Waals surface area contributed by atoms with Crippen molar-refractivity contribution >= 4 is 17.5 Å². The summed E-state index contributed by atoms with van der Waals surface area (Å²) >= 11 is 0. The van der Waals surface area contributed by atoms with E-state index in [9.17, 15) is 18.0 Å². The molecule has 1 atom stereocenters. The minimum atomic E-state index is -4.46. The maximum atomic E-state index is 12.8. The number of halogens is 3. The quantitative estimate of drug-likeness (QED) is 0.750. The summed E-state index contributed by atoms with van der Waals surface area (Å²) < 4.78 is 38.3. The number of carbonyl (C=O) groups excluding carboxylic acids is 1. The lowest BCUT2D eigenvalue weighted by molar-refractivity contribution is -0.137. The van der Waals surface area contributed by atoms with Gasteiger partial charge in [-0.1, -0.05) is 0 Å². The Morgan fingerprint density at radius 1 is 1.40 bits per heavy atom. The van der Waals surface area contributed by atoms with Gasteiger partial charge in [0.15, 0.2) is 0 Å². The van der Waals surface area contributed by atoms with Crippen LogP contribution in [0.15, 0.2) is 12.1 Å². The lowest BCUT2D eigenvalue weighted by Gasteiger charge is -2.16. The number of anilines is 2. The molecule has 1 aromatic rings. The van der Waals surface area contributed by atoms with Crippen molar-refractivity contribution in [1.82, 2.24) is 4.98 Å². The van der Waals surface area contributed by atoms with Gasteiger partial charge in [0, 0.05) is 19.0 Å². The maximum absolute atomic E-state index is 12.8. The lowest BCUT2D eigenvalue weighted by Crippen LogP contribution is -2.24. The van der Waals surface area contributed by atoms with Crippen molar-refractivity contribution in [3.05, 3.63) is 17.7 Å². The molecule has 0 radical (unpaired) electrons. The molecular weight excluding hydrogens is 273 g/mol. The molecule has 8 heteroatoms. The van der Waals surface area contributed by atoms with Crippen molar-refractivity contribution in [3.8, 4) is 0 Å². The van der Waals surface area contributed by atoms with Crippen molar-refractivity contribution in [2.24, 2.45) is 5.73 Å². The molecule has 5 nitrogen and oxygen atoms in total. The molecule has 1 aromatic heterocycles.